The Morgan fingerprint density at radius 1 is 1.16 bits per heavy atom. The summed E-state index contributed by atoms with van der Waals surface area (Å²) in [6.07, 6.45) is -2.71. The lowest BCUT2D eigenvalue weighted by atomic mass is 9.87. The monoisotopic (exact) mass is 537 g/mol. The molecule has 1 aromatic heterocycles. The molecule has 1 N–H and O–H groups in total. The zero-order valence-electron chi connectivity index (χ0n) is 21.7. The second kappa shape index (κ2) is 9.73. The van der Waals surface area contributed by atoms with Crippen LogP contribution in [0.2, 0.25) is 0 Å². The van der Waals surface area contributed by atoms with Crippen molar-refractivity contribution >= 4 is 11.7 Å². The average Bonchev–Trinajstić information content (AvgIpc) is 3.37. The zero-order chi connectivity index (χ0) is 27.4. The van der Waals surface area contributed by atoms with Crippen molar-refractivity contribution in [3.05, 3.63) is 52.7 Å². The first-order chi connectivity index (χ1) is 17.9. The number of benzene rings is 1. The molecule has 0 radical (unpaired) electrons. The summed E-state index contributed by atoms with van der Waals surface area (Å²) in [5.41, 5.74) is -0.157. The predicted molar refractivity (Wildman–Crippen MR) is 132 cm³/mol. The number of aromatic nitrogens is 2. The van der Waals surface area contributed by atoms with Crippen molar-refractivity contribution in [3.63, 3.8) is 0 Å². The lowest BCUT2D eigenvalue weighted by molar-refractivity contribution is -0.137. The van der Waals surface area contributed by atoms with Gasteiger partial charge in [0.2, 0.25) is 5.91 Å². The maximum Gasteiger partial charge on any atom is 0.416 e. The molecule has 3 heterocycles. The van der Waals surface area contributed by atoms with Gasteiger partial charge in [-0.1, -0.05) is 13.0 Å². The summed E-state index contributed by atoms with van der Waals surface area (Å²) in [7, 11) is 0. The molecule has 0 unspecified atom stereocenters. The Morgan fingerprint density at radius 2 is 1.87 bits per heavy atom. The van der Waals surface area contributed by atoms with Crippen molar-refractivity contribution in [2.24, 2.45) is 0 Å². The van der Waals surface area contributed by atoms with Gasteiger partial charge >= 0.3 is 6.18 Å². The lowest BCUT2D eigenvalue weighted by Gasteiger charge is -2.39. The number of rotatable bonds is 4. The number of carbonyl (C=O) groups is 1. The maximum atomic E-state index is 15.1. The molecule has 206 valence electrons. The third kappa shape index (κ3) is 4.97. The highest BCUT2D eigenvalue weighted by molar-refractivity contribution is 5.85. The number of amides is 1. The topological polar surface area (TPSA) is 61.4 Å². The Labute approximate surface area is 218 Å². The number of alkyl halides is 4. The fraction of sp³-hybridized carbons (Fsp3) is 0.593. The van der Waals surface area contributed by atoms with E-state index in [1.165, 1.54) is 6.33 Å². The molecule has 2 saturated heterocycles. The molecular weight excluding hydrogens is 505 g/mol. The average molecular weight is 538 g/mol. The second-order valence-electron chi connectivity index (χ2n) is 11.3. The minimum absolute atomic E-state index is 0.0142. The highest BCUT2D eigenvalue weighted by Gasteiger charge is 2.43. The molecule has 1 aromatic carbocycles. The number of carbonyl (C=O) groups excluding carboxylic acids is 1. The van der Waals surface area contributed by atoms with Gasteiger partial charge in [0.05, 0.1) is 17.2 Å². The van der Waals surface area contributed by atoms with Gasteiger partial charge in [-0.2, -0.15) is 13.2 Å². The minimum Gasteiger partial charge on any atom is -0.353 e. The number of piperazine rings is 1. The minimum atomic E-state index is -4.68. The van der Waals surface area contributed by atoms with Crippen LogP contribution < -0.4 is 10.2 Å². The van der Waals surface area contributed by atoms with Gasteiger partial charge in [0, 0.05) is 48.9 Å². The number of halogens is 5. The number of anilines is 1. The molecular formula is C27H32F5N5O. The summed E-state index contributed by atoms with van der Waals surface area (Å²) in [5, 5.41) is 3.39. The maximum absolute atomic E-state index is 15.1. The van der Waals surface area contributed by atoms with E-state index in [-0.39, 0.29) is 22.9 Å². The summed E-state index contributed by atoms with van der Waals surface area (Å²) in [4.78, 5) is 26.1. The van der Waals surface area contributed by atoms with Crippen LogP contribution in [0.25, 0.3) is 0 Å². The van der Waals surface area contributed by atoms with Crippen molar-refractivity contribution < 1.29 is 26.7 Å². The first-order valence-corrected chi connectivity index (χ1v) is 13.0. The standard InChI is InChI=1S/C27H32F5N5O/c1-15-12-19(29)23-21(15)24(34-14-33-23)36-8-10-37(11-9-36)25(38)22(20-6-7-26(2,3)35-20)17-5-4-16(13-18(17)28)27(30,31)32/h4-5,13-15,19-20,22,35H,6-12H2,1-3H3/t15-,19+,20+,22-/m1/s1. The van der Waals surface area contributed by atoms with E-state index in [1.54, 1.807) is 4.90 Å². The van der Waals surface area contributed by atoms with Crippen molar-refractivity contribution in [2.75, 3.05) is 31.1 Å². The van der Waals surface area contributed by atoms with Crippen LogP contribution in [0.4, 0.5) is 27.8 Å². The van der Waals surface area contributed by atoms with Gasteiger partial charge < -0.3 is 15.1 Å². The second-order valence-corrected chi connectivity index (χ2v) is 11.3. The van der Waals surface area contributed by atoms with E-state index in [9.17, 15) is 22.4 Å². The Balaban J connectivity index is 1.38. The van der Waals surface area contributed by atoms with Crippen molar-refractivity contribution in [1.29, 1.82) is 0 Å². The lowest BCUT2D eigenvalue weighted by Crippen LogP contribution is -2.53. The molecule has 38 heavy (non-hydrogen) atoms. The van der Waals surface area contributed by atoms with Crippen LogP contribution in [-0.4, -0.2) is 58.5 Å². The molecule has 0 spiro atoms. The van der Waals surface area contributed by atoms with E-state index in [2.05, 4.69) is 15.3 Å². The normalized spacial score (nSPS) is 25.9. The van der Waals surface area contributed by atoms with Crippen molar-refractivity contribution in [2.45, 2.75) is 75.8 Å². The van der Waals surface area contributed by atoms with E-state index >= 15 is 4.39 Å². The third-order valence-corrected chi connectivity index (χ3v) is 8.12. The molecule has 11 heteroatoms. The summed E-state index contributed by atoms with van der Waals surface area (Å²) in [6, 6.07) is 2.01. The summed E-state index contributed by atoms with van der Waals surface area (Å²) in [5.74, 6) is -1.64. The van der Waals surface area contributed by atoms with Crippen molar-refractivity contribution in [1.82, 2.24) is 20.2 Å². The van der Waals surface area contributed by atoms with Gasteiger partial charge in [0.15, 0.2) is 0 Å². The first kappa shape index (κ1) is 26.8. The smallest absolute Gasteiger partial charge is 0.353 e. The van der Waals surface area contributed by atoms with Gasteiger partial charge in [-0.15, -0.1) is 0 Å². The molecule has 0 saturated carbocycles. The molecule has 5 rings (SSSR count). The van der Waals surface area contributed by atoms with Crippen LogP contribution in [0.1, 0.15) is 80.4 Å². The van der Waals surface area contributed by atoms with Crippen LogP contribution >= 0.6 is 0 Å². The number of fused-ring (bicyclic) bond motifs is 1. The molecule has 2 fully saturated rings. The Morgan fingerprint density at radius 3 is 2.47 bits per heavy atom. The zero-order valence-corrected chi connectivity index (χ0v) is 21.7. The van der Waals surface area contributed by atoms with Crippen LogP contribution in [0, 0.1) is 5.82 Å². The van der Waals surface area contributed by atoms with E-state index < -0.39 is 35.7 Å². The van der Waals surface area contributed by atoms with Crippen molar-refractivity contribution in [3.8, 4) is 0 Å². The summed E-state index contributed by atoms with van der Waals surface area (Å²) >= 11 is 0. The van der Waals surface area contributed by atoms with Crippen LogP contribution in [0.3, 0.4) is 0 Å². The van der Waals surface area contributed by atoms with E-state index in [0.717, 1.165) is 24.1 Å². The number of hydrogen-bond acceptors (Lipinski definition) is 5. The Hall–Kier alpha value is -2.82. The van der Waals surface area contributed by atoms with Gasteiger partial charge in [-0.25, -0.2) is 18.7 Å². The molecule has 6 nitrogen and oxygen atoms in total. The Kier molecular flexibility index (Phi) is 6.86. The molecule has 3 aliphatic rings. The quantitative estimate of drug-likeness (QED) is 0.549. The van der Waals surface area contributed by atoms with E-state index in [4.69, 9.17) is 0 Å². The van der Waals surface area contributed by atoms with Gasteiger partial charge in [0.25, 0.3) is 0 Å². The molecule has 1 amide bonds. The van der Waals surface area contributed by atoms with Crippen LogP contribution in [0.15, 0.2) is 24.5 Å². The van der Waals surface area contributed by atoms with Gasteiger partial charge in [-0.05, 0) is 51.2 Å². The fourth-order valence-electron chi connectivity index (χ4n) is 6.14. The summed E-state index contributed by atoms with van der Waals surface area (Å²) < 4.78 is 69.0. The largest absolute Gasteiger partial charge is 0.416 e. The van der Waals surface area contributed by atoms with Crippen LogP contribution in [0.5, 0.6) is 0 Å². The number of nitrogens with one attached hydrogen (secondary N) is 1. The highest BCUT2D eigenvalue weighted by Crippen LogP contribution is 2.45. The predicted octanol–water partition coefficient (Wildman–Crippen LogP) is 5.12. The van der Waals surface area contributed by atoms with Gasteiger partial charge in [-0.3, -0.25) is 4.79 Å². The molecule has 4 atom stereocenters. The number of hydrogen-bond donors (Lipinski definition) is 1. The van der Waals surface area contributed by atoms with Crippen LogP contribution in [-0.2, 0) is 11.0 Å². The number of nitrogens with zero attached hydrogens (tertiary/aromatic N) is 4. The molecule has 0 bridgehead atoms. The fourth-order valence-corrected chi connectivity index (χ4v) is 6.14. The molecule has 1 aliphatic carbocycles. The van der Waals surface area contributed by atoms with Gasteiger partial charge in [0.1, 0.15) is 24.1 Å². The highest BCUT2D eigenvalue weighted by atomic mass is 19.4. The SMILES string of the molecule is C[C@@H]1C[C@H](F)c2ncnc(N3CCN(C(=O)[C@H](c4ccc(C(F)(F)F)cc4F)[C@@H]4CCC(C)(C)N4)CC3)c21. The third-order valence-electron chi connectivity index (χ3n) is 8.12. The molecule has 2 aliphatic heterocycles. The molecule has 2 aromatic rings. The van der Waals surface area contributed by atoms with E-state index in [1.807, 2.05) is 25.7 Å². The summed E-state index contributed by atoms with van der Waals surface area (Å²) in [6.45, 7) is 7.48. The first-order valence-electron chi connectivity index (χ1n) is 13.0. The Bertz CT molecular complexity index is 1210. The van der Waals surface area contributed by atoms with E-state index in [0.29, 0.717) is 56.6 Å².